The SMILES string of the molecule is CN(C)C(=O)c1sc2nc([C@@H]3CCCCN3C(=O)CCCN3CCCCCC3)ccc2c1N. The van der Waals surface area contributed by atoms with Crippen molar-refractivity contribution < 1.29 is 9.59 Å². The van der Waals surface area contributed by atoms with Crippen molar-refractivity contribution in [2.24, 2.45) is 0 Å². The summed E-state index contributed by atoms with van der Waals surface area (Å²) < 4.78 is 0. The van der Waals surface area contributed by atoms with Gasteiger partial charge in [-0.2, -0.15) is 0 Å². The second-order valence-electron chi connectivity index (χ2n) is 9.59. The van der Waals surface area contributed by atoms with E-state index < -0.39 is 0 Å². The summed E-state index contributed by atoms with van der Waals surface area (Å²) in [5.74, 6) is 0.140. The van der Waals surface area contributed by atoms with Crippen molar-refractivity contribution in [2.45, 2.75) is 63.8 Å². The minimum absolute atomic E-state index is 0.00478. The van der Waals surface area contributed by atoms with Crippen LogP contribution in [-0.2, 0) is 4.79 Å². The largest absolute Gasteiger partial charge is 0.397 e. The predicted octanol–water partition coefficient (Wildman–Crippen LogP) is 4.29. The van der Waals surface area contributed by atoms with E-state index in [-0.39, 0.29) is 17.9 Å². The minimum Gasteiger partial charge on any atom is -0.397 e. The van der Waals surface area contributed by atoms with E-state index in [1.807, 2.05) is 17.0 Å². The Balaban J connectivity index is 1.45. The molecule has 2 aliphatic heterocycles. The normalized spacial score (nSPS) is 20.1. The fourth-order valence-electron chi connectivity index (χ4n) is 5.05. The molecule has 0 unspecified atom stereocenters. The quantitative estimate of drug-likeness (QED) is 0.680. The van der Waals surface area contributed by atoms with Crippen molar-refractivity contribution in [3.05, 3.63) is 22.7 Å². The first-order chi connectivity index (χ1) is 16.0. The molecule has 2 aromatic heterocycles. The Morgan fingerprint density at radius 3 is 2.55 bits per heavy atom. The molecule has 33 heavy (non-hydrogen) atoms. The first kappa shape index (κ1) is 24.0. The van der Waals surface area contributed by atoms with Gasteiger partial charge in [-0.3, -0.25) is 9.59 Å². The maximum Gasteiger partial charge on any atom is 0.265 e. The lowest BCUT2D eigenvalue weighted by molar-refractivity contribution is -0.135. The number of aromatic nitrogens is 1. The van der Waals surface area contributed by atoms with Gasteiger partial charge in [0, 0.05) is 32.4 Å². The van der Waals surface area contributed by atoms with Crippen LogP contribution in [0.3, 0.4) is 0 Å². The van der Waals surface area contributed by atoms with E-state index in [9.17, 15) is 9.59 Å². The first-order valence-electron chi connectivity index (χ1n) is 12.4. The Morgan fingerprint density at radius 2 is 1.82 bits per heavy atom. The Morgan fingerprint density at radius 1 is 1.09 bits per heavy atom. The average molecular weight is 472 g/mol. The molecule has 2 amide bonds. The van der Waals surface area contributed by atoms with Gasteiger partial charge in [-0.05, 0) is 70.3 Å². The molecule has 4 heterocycles. The van der Waals surface area contributed by atoms with Gasteiger partial charge < -0.3 is 20.4 Å². The van der Waals surface area contributed by atoms with E-state index >= 15 is 0 Å². The van der Waals surface area contributed by atoms with E-state index in [0.29, 0.717) is 17.0 Å². The van der Waals surface area contributed by atoms with Crippen LogP contribution >= 0.6 is 11.3 Å². The number of anilines is 1. The van der Waals surface area contributed by atoms with Gasteiger partial charge in [0.05, 0.1) is 17.4 Å². The van der Waals surface area contributed by atoms with E-state index in [2.05, 4.69) is 4.90 Å². The highest BCUT2D eigenvalue weighted by molar-refractivity contribution is 7.21. The van der Waals surface area contributed by atoms with Crippen LogP contribution < -0.4 is 5.73 Å². The number of amides is 2. The van der Waals surface area contributed by atoms with Gasteiger partial charge in [0.25, 0.3) is 5.91 Å². The van der Waals surface area contributed by atoms with E-state index in [1.165, 1.54) is 55.0 Å². The summed E-state index contributed by atoms with van der Waals surface area (Å²) >= 11 is 1.34. The molecule has 0 spiro atoms. The Hall–Kier alpha value is -2.19. The van der Waals surface area contributed by atoms with Crippen LogP contribution in [0.25, 0.3) is 10.2 Å². The predicted molar refractivity (Wildman–Crippen MR) is 134 cm³/mol. The summed E-state index contributed by atoms with van der Waals surface area (Å²) in [5, 5.41) is 0.820. The minimum atomic E-state index is -0.101. The van der Waals surface area contributed by atoms with Gasteiger partial charge in [-0.1, -0.05) is 12.8 Å². The summed E-state index contributed by atoms with van der Waals surface area (Å²) in [7, 11) is 3.45. The summed E-state index contributed by atoms with van der Waals surface area (Å²) in [4.78, 5) is 38.0. The number of pyridine rings is 1. The first-order valence-corrected chi connectivity index (χ1v) is 13.2. The van der Waals surface area contributed by atoms with Crippen LogP contribution in [0.5, 0.6) is 0 Å². The number of fused-ring (bicyclic) bond motifs is 1. The highest BCUT2D eigenvalue weighted by atomic mass is 32.1. The van der Waals surface area contributed by atoms with Gasteiger partial charge in [-0.15, -0.1) is 11.3 Å². The molecular formula is C25H37N5O2S. The fraction of sp³-hybridized carbons (Fsp3) is 0.640. The molecule has 4 rings (SSSR count). The van der Waals surface area contributed by atoms with Gasteiger partial charge in [-0.25, -0.2) is 4.98 Å². The third kappa shape index (κ3) is 5.49. The molecule has 2 N–H and O–H groups in total. The molecule has 0 aromatic carbocycles. The highest BCUT2D eigenvalue weighted by Gasteiger charge is 2.29. The lowest BCUT2D eigenvalue weighted by atomic mass is 9.98. The van der Waals surface area contributed by atoms with Crippen molar-refractivity contribution >= 4 is 39.1 Å². The lowest BCUT2D eigenvalue weighted by Gasteiger charge is -2.35. The number of likely N-dealkylation sites (tertiary alicyclic amines) is 2. The van der Waals surface area contributed by atoms with Gasteiger partial charge in [0.2, 0.25) is 5.91 Å². The Kier molecular flexibility index (Phi) is 7.86. The number of nitrogens with zero attached hydrogens (tertiary/aromatic N) is 4. The number of carbonyl (C=O) groups excluding carboxylic acids is 2. The van der Waals surface area contributed by atoms with Crippen molar-refractivity contribution in [3.63, 3.8) is 0 Å². The zero-order valence-corrected chi connectivity index (χ0v) is 20.8. The number of hydrogen-bond donors (Lipinski definition) is 1. The second-order valence-corrected chi connectivity index (χ2v) is 10.6. The third-order valence-corrected chi connectivity index (χ3v) is 8.05. The number of thiophene rings is 1. The van der Waals surface area contributed by atoms with E-state index in [1.54, 1.807) is 14.1 Å². The molecule has 1 atom stereocenters. The lowest BCUT2D eigenvalue weighted by Crippen LogP contribution is -2.39. The third-order valence-electron chi connectivity index (χ3n) is 6.94. The molecule has 180 valence electrons. The van der Waals surface area contributed by atoms with Crippen LogP contribution in [-0.4, -0.2) is 71.8 Å². The number of rotatable bonds is 6. The molecule has 0 aliphatic carbocycles. The van der Waals surface area contributed by atoms with Gasteiger partial charge >= 0.3 is 0 Å². The summed E-state index contributed by atoms with van der Waals surface area (Å²) in [5.41, 5.74) is 7.67. The maximum atomic E-state index is 13.2. The molecule has 2 fully saturated rings. The highest BCUT2D eigenvalue weighted by Crippen LogP contribution is 2.36. The number of nitrogens with two attached hydrogens (primary N) is 1. The van der Waals surface area contributed by atoms with Gasteiger partial charge in [0.1, 0.15) is 9.71 Å². The topological polar surface area (TPSA) is 82.8 Å². The summed E-state index contributed by atoms with van der Waals surface area (Å²) in [6.45, 7) is 4.16. The van der Waals surface area contributed by atoms with Crippen LogP contribution in [0.1, 0.15) is 79.2 Å². The molecule has 8 heteroatoms. The fourth-order valence-corrected chi connectivity index (χ4v) is 6.18. The number of nitrogen functional groups attached to an aromatic ring is 1. The van der Waals surface area contributed by atoms with E-state index in [4.69, 9.17) is 10.7 Å². The molecule has 0 bridgehead atoms. The van der Waals surface area contributed by atoms with Crippen molar-refractivity contribution in [2.75, 3.05) is 46.0 Å². The summed E-state index contributed by atoms with van der Waals surface area (Å²) in [6.07, 6.45) is 9.83. The zero-order valence-electron chi connectivity index (χ0n) is 20.0. The van der Waals surface area contributed by atoms with Crippen LogP contribution in [0, 0.1) is 0 Å². The monoisotopic (exact) mass is 471 g/mol. The van der Waals surface area contributed by atoms with Gasteiger partial charge in [0.15, 0.2) is 0 Å². The van der Waals surface area contributed by atoms with E-state index in [0.717, 1.165) is 54.7 Å². The summed E-state index contributed by atoms with van der Waals surface area (Å²) in [6, 6.07) is 3.96. The molecular weight excluding hydrogens is 434 g/mol. The maximum absolute atomic E-state index is 13.2. The van der Waals surface area contributed by atoms with Crippen LogP contribution in [0.4, 0.5) is 5.69 Å². The smallest absolute Gasteiger partial charge is 0.265 e. The molecule has 2 aromatic rings. The number of piperidine rings is 1. The zero-order chi connectivity index (χ0) is 23.4. The van der Waals surface area contributed by atoms with Crippen LogP contribution in [0.15, 0.2) is 12.1 Å². The standard InChI is InChI=1S/C25H37N5O2S/c1-28(2)25(32)23-22(26)18-12-13-19(27-24(18)33-23)20-10-5-8-17-30(20)21(31)11-9-16-29-14-6-3-4-7-15-29/h12-13,20H,3-11,14-17,26H2,1-2H3/t20-/m0/s1. The Labute approximate surface area is 200 Å². The number of hydrogen-bond acceptors (Lipinski definition) is 6. The van der Waals surface area contributed by atoms with Crippen molar-refractivity contribution in [1.82, 2.24) is 19.7 Å². The van der Waals surface area contributed by atoms with Crippen LogP contribution in [0.2, 0.25) is 0 Å². The molecule has 2 saturated heterocycles. The van der Waals surface area contributed by atoms with Crippen molar-refractivity contribution in [3.8, 4) is 0 Å². The molecule has 0 radical (unpaired) electrons. The van der Waals surface area contributed by atoms with Crippen molar-refractivity contribution in [1.29, 1.82) is 0 Å². The molecule has 2 aliphatic rings. The average Bonchev–Trinajstić information content (AvgIpc) is 2.97. The molecule has 0 saturated carbocycles. The molecule has 7 nitrogen and oxygen atoms in total. The second kappa shape index (κ2) is 10.8. The number of carbonyl (C=O) groups is 2. The Bertz CT molecular complexity index is 981.